The molecule has 0 saturated carbocycles. The van der Waals surface area contributed by atoms with Crippen molar-refractivity contribution in [2.24, 2.45) is 11.7 Å². The van der Waals surface area contributed by atoms with E-state index in [0.29, 0.717) is 16.9 Å². The molecule has 0 bridgehead atoms. The van der Waals surface area contributed by atoms with Gasteiger partial charge in [-0.1, -0.05) is 18.3 Å². The average Bonchev–Trinajstić information content (AvgIpc) is 2.81. The summed E-state index contributed by atoms with van der Waals surface area (Å²) < 4.78 is 5.43. The Morgan fingerprint density at radius 2 is 2.33 bits per heavy atom. The first kappa shape index (κ1) is 13.3. The summed E-state index contributed by atoms with van der Waals surface area (Å²) in [6.45, 7) is 5.96. The molecule has 1 fully saturated rings. The average molecular weight is 264 g/mol. The Bertz CT molecular complexity index is 441. The first-order chi connectivity index (χ1) is 8.58. The van der Waals surface area contributed by atoms with Gasteiger partial charge < -0.3 is 15.8 Å². The fourth-order valence-corrected chi connectivity index (χ4v) is 2.48. The van der Waals surface area contributed by atoms with Crippen LogP contribution in [0.5, 0.6) is 0 Å². The summed E-state index contributed by atoms with van der Waals surface area (Å²) in [5, 5.41) is 3.53. The molecule has 0 aliphatic carbocycles. The lowest BCUT2D eigenvalue weighted by Crippen LogP contribution is -2.27. The summed E-state index contributed by atoms with van der Waals surface area (Å²) in [4.78, 5) is 0.437. The van der Waals surface area contributed by atoms with Gasteiger partial charge in [0.2, 0.25) is 0 Å². The van der Waals surface area contributed by atoms with Crippen molar-refractivity contribution in [2.75, 3.05) is 18.5 Å². The van der Waals surface area contributed by atoms with Crippen molar-refractivity contribution in [1.29, 1.82) is 0 Å². The van der Waals surface area contributed by atoms with Crippen molar-refractivity contribution >= 4 is 22.9 Å². The van der Waals surface area contributed by atoms with Gasteiger partial charge in [0.25, 0.3) is 0 Å². The van der Waals surface area contributed by atoms with E-state index in [2.05, 4.69) is 25.2 Å². The zero-order valence-electron chi connectivity index (χ0n) is 10.9. The number of anilines is 1. The standard InChI is InChI=1S/C14H20N2OS/c1-9-3-4-12(14(15)18)13(7-9)16-10(2)11-5-6-17-8-11/h3-4,7,10-11,16H,5-6,8H2,1-2H3,(H2,15,18). The highest BCUT2D eigenvalue weighted by Gasteiger charge is 2.22. The highest BCUT2D eigenvalue weighted by Crippen LogP contribution is 2.23. The number of hydrogen-bond acceptors (Lipinski definition) is 3. The zero-order chi connectivity index (χ0) is 13.1. The molecular formula is C14H20N2OS. The van der Waals surface area contributed by atoms with Gasteiger partial charge in [0.1, 0.15) is 4.99 Å². The first-order valence-corrected chi connectivity index (χ1v) is 6.73. The van der Waals surface area contributed by atoms with Crippen LogP contribution in [0.3, 0.4) is 0 Å². The monoisotopic (exact) mass is 264 g/mol. The first-order valence-electron chi connectivity index (χ1n) is 6.32. The Labute approximate surface area is 114 Å². The van der Waals surface area contributed by atoms with E-state index >= 15 is 0 Å². The van der Waals surface area contributed by atoms with Crippen molar-refractivity contribution in [1.82, 2.24) is 0 Å². The molecule has 0 amide bonds. The molecule has 98 valence electrons. The lowest BCUT2D eigenvalue weighted by atomic mass is 9.99. The van der Waals surface area contributed by atoms with Gasteiger partial charge in [-0.05, 0) is 38.0 Å². The molecule has 0 aromatic heterocycles. The SMILES string of the molecule is Cc1ccc(C(N)=S)c(NC(C)C2CCOC2)c1. The van der Waals surface area contributed by atoms with Crippen LogP contribution in [0.2, 0.25) is 0 Å². The van der Waals surface area contributed by atoms with Crippen LogP contribution in [0.15, 0.2) is 18.2 Å². The lowest BCUT2D eigenvalue weighted by molar-refractivity contribution is 0.183. The van der Waals surface area contributed by atoms with E-state index in [9.17, 15) is 0 Å². The zero-order valence-corrected chi connectivity index (χ0v) is 11.7. The molecule has 1 aliphatic rings. The van der Waals surface area contributed by atoms with Crippen molar-refractivity contribution in [3.63, 3.8) is 0 Å². The van der Waals surface area contributed by atoms with E-state index in [1.54, 1.807) is 0 Å². The topological polar surface area (TPSA) is 47.3 Å². The van der Waals surface area contributed by atoms with Crippen LogP contribution in [0.1, 0.15) is 24.5 Å². The van der Waals surface area contributed by atoms with Crippen LogP contribution in [0.4, 0.5) is 5.69 Å². The number of nitrogens with one attached hydrogen (secondary N) is 1. The second-order valence-corrected chi connectivity index (χ2v) is 5.41. The van der Waals surface area contributed by atoms with Crippen LogP contribution in [0.25, 0.3) is 0 Å². The molecule has 0 radical (unpaired) electrons. The van der Waals surface area contributed by atoms with Gasteiger partial charge >= 0.3 is 0 Å². The normalized spacial score (nSPS) is 20.7. The molecule has 1 aromatic rings. The Hall–Kier alpha value is -1.13. The van der Waals surface area contributed by atoms with Gasteiger partial charge in [-0.3, -0.25) is 0 Å². The van der Waals surface area contributed by atoms with Crippen LogP contribution in [0, 0.1) is 12.8 Å². The summed E-state index contributed by atoms with van der Waals surface area (Å²) in [6, 6.07) is 6.48. The van der Waals surface area contributed by atoms with E-state index in [-0.39, 0.29) is 0 Å². The van der Waals surface area contributed by atoms with Crippen LogP contribution < -0.4 is 11.1 Å². The molecule has 2 atom stereocenters. The maximum atomic E-state index is 5.76. The van der Waals surface area contributed by atoms with Crippen molar-refractivity contribution in [3.05, 3.63) is 29.3 Å². The maximum absolute atomic E-state index is 5.76. The lowest BCUT2D eigenvalue weighted by Gasteiger charge is -2.22. The number of nitrogens with two attached hydrogens (primary N) is 1. The van der Waals surface area contributed by atoms with Crippen LogP contribution in [-0.4, -0.2) is 24.2 Å². The minimum Gasteiger partial charge on any atom is -0.389 e. The van der Waals surface area contributed by atoms with Gasteiger partial charge in [0.15, 0.2) is 0 Å². The van der Waals surface area contributed by atoms with Gasteiger partial charge in [-0.25, -0.2) is 0 Å². The van der Waals surface area contributed by atoms with Crippen molar-refractivity contribution in [3.8, 4) is 0 Å². The summed E-state index contributed by atoms with van der Waals surface area (Å²) in [5.41, 5.74) is 8.91. The minimum absolute atomic E-state index is 0.363. The molecule has 2 unspecified atom stereocenters. The van der Waals surface area contributed by atoms with Gasteiger partial charge in [-0.2, -0.15) is 0 Å². The van der Waals surface area contributed by atoms with Crippen LogP contribution in [-0.2, 0) is 4.74 Å². The molecule has 3 N–H and O–H groups in total. The molecule has 3 nitrogen and oxygen atoms in total. The maximum Gasteiger partial charge on any atom is 0.106 e. The van der Waals surface area contributed by atoms with Gasteiger partial charge in [-0.15, -0.1) is 0 Å². The van der Waals surface area contributed by atoms with Crippen molar-refractivity contribution in [2.45, 2.75) is 26.3 Å². The molecule has 1 saturated heterocycles. The number of hydrogen-bond donors (Lipinski definition) is 2. The number of thiocarbonyl (C=S) groups is 1. The number of ether oxygens (including phenoxy) is 1. The van der Waals surface area contributed by atoms with Gasteiger partial charge in [0.05, 0.1) is 6.61 Å². The third-order valence-electron chi connectivity index (χ3n) is 3.50. The third-order valence-corrected chi connectivity index (χ3v) is 3.72. The molecule has 1 heterocycles. The number of aryl methyl sites for hydroxylation is 1. The van der Waals surface area contributed by atoms with E-state index in [4.69, 9.17) is 22.7 Å². The quantitative estimate of drug-likeness (QED) is 0.820. The molecule has 1 aromatic carbocycles. The molecule has 1 aliphatic heterocycles. The Balaban J connectivity index is 2.16. The Morgan fingerprint density at radius 1 is 1.56 bits per heavy atom. The van der Waals surface area contributed by atoms with E-state index < -0.39 is 0 Å². The molecule has 2 rings (SSSR count). The predicted molar refractivity (Wildman–Crippen MR) is 79.1 cm³/mol. The van der Waals surface area contributed by atoms with E-state index in [0.717, 1.165) is 30.9 Å². The number of rotatable bonds is 4. The van der Waals surface area contributed by atoms with Crippen molar-refractivity contribution < 1.29 is 4.74 Å². The van der Waals surface area contributed by atoms with Crippen LogP contribution >= 0.6 is 12.2 Å². The number of benzene rings is 1. The molecule has 18 heavy (non-hydrogen) atoms. The molecular weight excluding hydrogens is 244 g/mol. The minimum atomic E-state index is 0.363. The second-order valence-electron chi connectivity index (χ2n) is 4.97. The summed E-state index contributed by atoms with van der Waals surface area (Å²) in [5.74, 6) is 0.560. The fraction of sp³-hybridized carbons (Fsp3) is 0.500. The van der Waals surface area contributed by atoms with Gasteiger partial charge in [0, 0.05) is 29.8 Å². The predicted octanol–water partition coefficient (Wildman–Crippen LogP) is 2.47. The fourth-order valence-electron chi connectivity index (χ4n) is 2.30. The summed E-state index contributed by atoms with van der Waals surface area (Å²) >= 11 is 5.09. The highest BCUT2D eigenvalue weighted by molar-refractivity contribution is 7.80. The summed E-state index contributed by atoms with van der Waals surface area (Å²) in [7, 11) is 0. The Kier molecular flexibility index (Phi) is 4.19. The van der Waals surface area contributed by atoms with E-state index in [1.165, 1.54) is 5.56 Å². The third kappa shape index (κ3) is 3.00. The second kappa shape index (κ2) is 5.67. The smallest absolute Gasteiger partial charge is 0.106 e. The largest absolute Gasteiger partial charge is 0.389 e. The molecule has 0 spiro atoms. The van der Waals surface area contributed by atoms with E-state index in [1.807, 2.05) is 12.1 Å². The molecule has 4 heteroatoms. The summed E-state index contributed by atoms with van der Waals surface area (Å²) in [6.07, 6.45) is 1.11. The highest BCUT2D eigenvalue weighted by atomic mass is 32.1. The Morgan fingerprint density at radius 3 is 2.94 bits per heavy atom.